The lowest BCUT2D eigenvalue weighted by molar-refractivity contribution is 0.0695. The Morgan fingerprint density at radius 2 is 2.04 bits per heavy atom. The van der Waals surface area contributed by atoms with Gasteiger partial charge in [-0.2, -0.15) is 5.10 Å². The maximum Gasteiger partial charge on any atom is 0.336 e. The molecule has 0 spiro atoms. The fourth-order valence-corrected chi connectivity index (χ4v) is 2.55. The van der Waals surface area contributed by atoms with E-state index >= 15 is 0 Å². The lowest BCUT2D eigenvalue weighted by Gasteiger charge is -2.04. The van der Waals surface area contributed by atoms with Crippen LogP contribution >= 0.6 is 0 Å². The van der Waals surface area contributed by atoms with Crippen molar-refractivity contribution in [2.24, 2.45) is 0 Å². The summed E-state index contributed by atoms with van der Waals surface area (Å²) in [6.07, 6.45) is 5.54. The molecular formula is C18H17N3O2. The predicted molar refractivity (Wildman–Crippen MR) is 87.0 cm³/mol. The fourth-order valence-electron chi connectivity index (χ4n) is 2.55. The topological polar surface area (TPSA) is 68.0 Å². The SMILES string of the molecule is Cc1cccc(-n2cc(Cc3cnccc3C(=O)O)c(C)n2)c1. The molecule has 1 N–H and O–H groups in total. The lowest BCUT2D eigenvalue weighted by Crippen LogP contribution is -2.03. The zero-order valence-corrected chi connectivity index (χ0v) is 13.0. The quantitative estimate of drug-likeness (QED) is 0.804. The van der Waals surface area contributed by atoms with Gasteiger partial charge in [0.2, 0.25) is 0 Å². The van der Waals surface area contributed by atoms with Crippen LogP contribution in [-0.2, 0) is 6.42 Å². The summed E-state index contributed by atoms with van der Waals surface area (Å²) in [5.41, 5.74) is 4.99. The van der Waals surface area contributed by atoms with Crippen molar-refractivity contribution in [1.82, 2.24) is 14.8 Å². The Morgan fingerprint density at radius 3 is 2.78 bits per heavy atom. The molecule has 2 heterocycles. The summed E-state index contributed by atoms with van der Waals surface area (Å²) < 4.78 is 1.83. The molecule has 3 aromatic rings. The van der Waals surface area contributed by atoms with Gasteiger partial charge in [-0.1, -0.05) is 12.1 Å². The Labute approximate surface area is 134 Å². The molecule has 0 unspecified atom stereocenters. The first-order valence-electron chi connectivity index (χ1n) is 7.33. The van der Waals surface area contributed by atoms with Gasteiger partial charge in [0.1, 0.15) is 0 Å². The minimum absolute atomic E-state index is 0.280. The number of carboxylic acid groups (broad SMARTS) is 1. The van der Waals surface area contributed by atoms with Crippen molar-refractivity contribution in [2.75, 3.05) is 0 Å². The summed E-state index contributed by atoms with van der Waals surface area (Å²) in [6.45, 7) is 3.97. The third-order valence-corrected chi connectivity index (χ3v) is 3.78. The van der Waals surface area contributed by atoms with Crippen molar-refractivity contribution in [2.45, 2.75) is 20.3 Å². The van der Waals surface area contributed by atoms with E-state index in [0.717, 1.165) is 22.5 Å². The molecular weight excluding hydrogens is 290 g/mol. The largest absolute Gasteiger partial charge is 0.478 e. The van der Waals surface area contributed by atoms with Crippen LogP contribution in [-0.4, -0.2) is 25.8 Å². The minimum atomic E-state index is -0.939. The molecule has 3 rings (SSSR count). The van der Waals surface area contributed by atoms with Gasteiger partial charge in [0, 0.05) is 25.0 Å². The van der Waals surface area contributed by atoms with Crippen LogP contribution in [0.15, 0.2) is 48.9 Å². The highest BCUT2D eigenvalue weighted by molar-refractivity contribution is 5.89. The van der Waals surface area contributed by atoms with Crippen LogP contribution in [0.2, 0.25) is 0 Å². The van der Waals surface area contributed by atoms with Crippen molar-refractivity contribution >= 4 is 5.97 Å². The normalized spacial score (nSPS) is 10.7. The van der Waals surface area contributed by atoms with Crippen molar-refractivity contribution in [3.05, 3.63) is 76.9 Å². The van der Waals surface area contributed by atoms with Crippen molar-refractivity contribution in [3.8, 4) is 5.69 Å². The van der Waals surface area contributed by atoms with Crippen LogP contribution in [0.4, 0.5) is 0 Å². The third kappa shape index (κ3) is 3.13. The summed E-state index contributed by atoms with van der Waals surface area (Å²) in [7, 11) is 0. The summed E-state index contributed by atoms with van der Waals surface area (Å²) in [5, 5.41) is 13.8. The second kappa shape index (κ2) is 6.04. The summed E-state index contributed by atoms with van der Waals surface area (Å²) >= 11 is 0. The Bertz CT molecular complexity index is 868. The van der Waals surface area contributed by atoms with Crippen LogP contribution in [0.3, 0.4) is 0 Å². The molecule has 0 bridgehead atoms. The number of aryl methyl sites for hydroxylation is 2. The molecule has 0 amide bonds. The smallest absolute Gasteiger partial charge is 0.336 e. The molecule has 0 aliphatic rings. The summed E-state index contributed by atoms with van der Waals surface area (Å²) in [4.78, 5) is 15.4. The molecule has 5 heteroatoms. The molecule has 1 aromatic carbocycles. The van der Waals surface area contributed by atoms with Crippen LogP contribution in [0, 0.1) is 13.8 Å². The number of hydrogen-bond donors (Lipinski definition) is 1. The molecule has 116 valence electrons. The van der Waals surface area contributed by atoms with Crippen molar-refractivity contribution in [1.29, 1.82) is 0 Å². The van der Waals surface area contributed by atoms with Gasteiger partial charge >= 0.3 is 5.97 Å². The molecule has 0 aliphatic carbocycles. The maximum atomic E-state index is 11.3. The van der Waals surface area contributed by atoms with E-state index in [2.05, 4.69) is 16.1 Å². The fraction of sp³-hybridized carbons (Fsp3) is 0.167. The molecule has 0 atom stereocenters. The van der Waals surface area contributed by atoms with E-state index in [9.17, 15) is 9.90 Å². The van der Waals surface area contributed by atoms with E-state index in [1.54, 1.807) is 6.20 Å². The number of aromatic carboxylic acids is 1. The van der Waals surface area contributed by atoms with Gasteiger partial charge in [-0.15, -0.1) is 0 Å². The van der Waals surface area contributed by atoms with Crippen molar-refractivity contribution < 1.29 is 9.90 Å². The van der Waals surface area contributed by atoms with Gasteiger partial charge in [0.15, 0.2) is 0 Å². The van der Waals surface area contributed by atoms with Gasteiger partial charge in [-0.3, -0.25) is 4.98 Å². The predicted octanol–water partition coefficient (Wildman–Crippen LogP) is 3.17. The van der Waals surface area contributed by atoms with Gasteiger partial charge in [-0.05, 0) is 48.7 Å². The second-order valence-corrected chi connectivity index (χ2v) is 5.54. The Kier molecular flexibility index (Phi) is 3.93. The first kappa shape index (κ1) is 15.0. The number of pyridine rings is 1. The monoisotopic (exact) mass is 307 g/mol. The zero-order valence-electron chi connectivity index (χ0n) is 13.0. The van der Waals surface area contributed by atoms with Crippen LogP contribution in [0.5, 0.6) is 0 Å². The van der Waals surface area contributed by atoms with E-state index in [4.69, 9.17) is 0 Å². The van der Waals surface area contributed by atoms with E-state index in [1.165, 1.54) is 12.3 Å². The number of rotatable bonds is 4. The highest BCUT2D eigenvalue weighted by Crippen LogP contribution is 2.18. The third-order valence-electron chi connectivity index (χ3n) is 3.78. The van der Waals surface area contributed by atoms with Crippen LogP contribution in [0.25, 0.3) is 5.69 Å². The summed E-state index contributed by atoms with van der Waals surface area (Å²) in [5.74, 6) is -0.939. The number of carboxylic acids is 1. The first-order valence-corrected chi connectivity index (χ1v) is 7.33. The number of nitrogens with zero attached hydrogens (tertiary/aromatic N) is 3. The van der Waals surface area contributed by atoms with E-state index < -0.39 is 5.97 Å². The molecule has 2 aromatic heterocycles. The molecule has 0 fully saturated rings. The second-order valence-electron chi connectivity index (χ2n) is 5.54. The molecule has 0 saturated carbocycles. The number of hydrogen-bond acceptors (Lipinski definition) is 3. The van der Waals surface area contributed by atoms with Gasteiger partial charge in [0.25, 0.3) is 0 Å². The highest BCUT2D eigenvalue weighted by atomic mass is 16.4. The van der Waals surface area contributed by atoms with Gasteiger partial charge in [-0.25, -0.2) is 9.48 Å². The van der Waals surface area contributed by atoms with Gasteiger partial charge in [0.05, 0.1) is 16.9 Å². The number of benzene rings is 1. The van der Waals surface area contributed by atoms with E-state index in [-0.39, 0.29) is 5.56 Å². The Hall–Kier alpha value is -2.95. The number of aromatic nitrogens is 3. The minimum Gasteiger partial charge on any atom is -0.478 e. The first-order chi connectivity index (χ1) is 11.0. The van der Waals surface area contributed by atoms with Crippen LogP contribution < -0.4 is 0 Å². The Morgan fingerprint density at radius 1 is 1.22 bits per heavy atom. The highest BCUT2D eigenvalue weighted by Gasteiger charge is 2.13. The average molecular weight is 307 g/mol. The summed E-state index contributed by atoms with van der Waals surface area (Å²) in [6, 6.07) is 9.61. The zero-order chi connectivity index (χ0) is 16.4. The lowest BCUT2D eigenvalue weighted by atomic mass is 10.0. The number of carbonyl (C=O) groups is 1. The molecule has 5 nitrogen and oxygen atoms in total. The molecule has 0 aliphatic heterocycles. The van der Waals surface area contributed by atoms with E-state index in [0.29, 0.717) is 12.0 Å². The van der Waals surface area contributed by atoms with Crippen molar-refractivity contribution in [3.63, 3.8) is 0 Å². The molecule has 0 saturated heterocycles. The molecule has 23 heavy (non-hydrogen) atoms. The standard InChI is InChI=1S/C18H17N3O2/c1-12-4-3-5-16(8-12)21-11-15(13(2)20-21)9-14-10-19-7-6-17(14)18(22)23/h3-8,10-11H,9H2,1-2H3,(H,22,23). The Balaban J connectivity index is 1.95. The maximum absolute atomic E-state index is 11.3. The van der Waals surface area contributed by atoms with E-state index in [1.807, 2.05) is 42.9 Å². The molecule has 0 radical (unpaired) electrons. The average Bonchev–Trinajstić information content (AvgIpc) is 2.89. The van der Waals surface area contributed by atoms with Gasteiger partial charge < -0.3 is 5.11 Å². The van der Waals surface area contributed by atoms with Crippen LogP contribution in [0.1, 0.15) is 32.7 Å².